The first-order valence-corrected chi connectivity index (χ1v) is 13.1. The van der Waals surface area contributed by atoms with E-state index in [1.807, 2.05) is 0 Å². The number of carbonyl (C=O) groups excluding carboxylic acids is 1. The van der Waals surface area contributed by atoms with Gasteiger partial charge in [0, 0.05) is 38.0 Å². The Morgan fingerprint density at radius 3 is 2.30 bits per heavy atom. The van der Waals surface area contributed by atoms with Crippen molar-refractivity contribution in [2.75, 3.05) is 25.0 Å². The van der Waals surface area contributed by atoms with Gasteiger partial charge in [-0.2, -0.15) is 4.31 Å². The Morgan fingerprint density at radius 2 is 1.67 bits per heavy atom. The highest BCUT2D eigenvalue weighted by molar-refractivity contribution is 7.89. The molecule has 1 aromatic rings. The lowest BCUT2D eigenvalue weighted by molar-refractivity contribution is -0.729. The molecule has 4 aliphatic carbocycles. The quantitative estimate of drug-likeness (QED) is 0.724. The molecule has 0 atom stereocenters. The number of nitrogens with one attached hydrogen (secondary N) is 1. The number of anilines is 1. The SMILES string of the molecule is O=C(C[NH2+]C12CC3CC(CC(C3)C1)C2)Nc1cccc(S(=O)(=O)N2CCCCC2)c1. The number of amides is 1. The Labute approximate surface area is 179 Å². The molecule has 30 heavy (non-hydrogen) atoms. The summed E-state index contributed by atoms with van der Waals surface area (Å²) in [6.07, 6.45) is 10.9. The van der Waals surface area contributed by atoms with Crippen LogP contribution < -0.4 is 10.6 Å². The Balaban J connectivity index is 1.21. The van der Waals surface area contributed by atoms with Gasteiger partial charge < -0.3 is 10.6 Å². The van der Waals surface area contributed by atoms with Crippen molar-refractivity contribution in [1.29, 1.82) is 0 Å². The third-order valence-corrected chi connectivity index (χ3v) is 9.77. The summed E-state index contributed by atoms with van der Waals surface area (Å²) in [7, 11) is -3.49. The van der Waals surface area contributed by atoms with E-state index in [-0.39, 0.29) is 16.3 Å². The molecule has 6 nitrogen and oxygen atoms in total. The highest BCUT2D eigenvalue weighted by Gasteiger charge is 2.53. The van der Waals surface area contributed by atoms with E-state index in [4.69, 9.17) is 0 Å². The Hall–Kier alpha value is -1.44. The van der Waals surface area contributed by atoms with E-state index in [1.54, 1.807) is 28.6 Å². The third kappa shape index (κ3) is 4.04. The normalized spacial score (nSPS) is 33.5. The van der Waals surface area contributed by atoms with Gasteiger partial charge in [0.1, 0.15) is 0 Å². The van der Waals surface area contributed by atoms with E-state index in [0.717, 1.165) is 37.0 Å². The summed E-state index contributed by atoms with van der Waals surface area (Å²) in [6, 6.07) is 6.72. The lowest BCUT2D eigenvalue weighted by atomic mass is 9.53. The number of rotatable bonds is 6. The molecule has 1 heterocycles. The average molecular weight is 433 g/mol. The van der Waals surface area contributed by atoms with Crippen LogP contribution in [0.4, 0.5) is 5.69 Å². The molecule has 164 valence electrons. The van der Waals surface area contributed by atoms with Crippen LogP contribution >= 0.6 is 0 Å². The summed E-state index contributed by atoms with van der Waals surface area (Å²) < 4.78 is 27.4. The van der Waals surface area contributed by atoms with Crippen LogP contribution in [0.5, 0.6) is 0 Å². The molecule has 0 spiro atoms. The smallest absolute Gasteiger partial charge is 0.279 e. The Morgan fingerprint density at radius 1 is 1.03 bits per heavy atom. The molecule has 1 aromatic carbocycles. The van der Waals surface area contributed by atoms with Gasteiger partial charge in [0.25, 0.3) is 5.91 Å². The van der Waals surface area contributed by atoms with Gasteiger partial charge in [-0.1, -0.05) is 12.5 Å². The molecular formula is C23H34N3O3S+. The minimum atomic E-state index is -3.49. The maximum Gasteiger partial charge on any atom is 0.279 e. The summed E-state index contributed by atoms with van der Waals surface area (Å²) in [4.78, 5) is 12.9. The minimum Gasteiger partial charge on any atom is -0.334 e. The molecule has 6 rings (SSSR count). The number of nitrogens with two attached hydrogens (primary N) is 1. The second-order valence-corrected chi connectivity index (χ2v) is 12.2. The number of nitrogens with zero attached hydrogens (tertiary/aromatic N) is 1. The molecule has 5 aliphatic rings. The predicted octanol–water partition coefficient (Wildman–Crippen LogP) is 2.33. The molecule has 1 saturated heterocycles. The van der Waals surface area contributed by atoms with Crippen LogP contribution in [-0.2, 0) is 14.8 Å². The lowest BCUT2D eigenvalue weighted by Crippen LogP contribution is -3.00. The average Bonchev–Trinajstić information content (AvgIpc) is 2.72. The van der Waals surface area contributed by atoms with Gasteiger partial charge >= 0.3 is 0 Å². The van der Waals surface area contributed by atoms with Crippen LogP contribution in [0.1, 0.15) is 57.8 Å². The first-order chi connectivity index (χ1) is 14.4. The van der Waals surface area contributed by atoms with Crippen LogP contribution in [0.15, 0.2) is 29.2 Å². The van der Waals surface area contributed by atoms with E-state index in [0.29, 0.717) is 25.3 Å². The molecule has 5 fully saturated rings. The first-order valence-electron chi connectivity index (χ1n) is 11.7. The minimum absolute atomic E-state index is 0.0433. The monoisotopic (exact) mass is 432 g/mol. The van der Waals surface area contributed by atoms with Crippen molar-refractivity contribution < 1.29 is 18.5 Å². The third-order valence-electron chi connectivity index (χ3n) is 7.88. The molecule has 0 aromatic heterocycles. The standard InChI is InChI=1S/C23H33N3O3S/c27-22(16-24-23-13-17-9-18(14-23)11-19(10-17)15-23)25-20-5-4-6-21(12-20)30(28,29)26-7-2-1-3-8-26/h4-6,12,17-19,24H,1-3,7-11,13-16H2,(H,25,27)/p+1. The number of quaternary nitrogens is 1. The van der Waals surface area contributed by atoms with Gasteiger partial charge in [0.2, 0.25) is 10.0 Å². The second kappa shape index (κ2) is 7.92. The van der Waals surface area contributed by atoms with Gasteiger partial charge in [-0.3, -0.25) is 4.79 Å². The number of hydrogen-bond donors (Lipinski definition) is 2. The number of carbonyl (C=O) groups is 1. The van der Waals surface area contributed by atoms with E-state index in [1.165, 1.54) is 38.5 Å². The number of benzene rings is 1. The summed E-state index contributed by atoms with van der Waals surface area (Å²) in [6.45, 7) is 1.58. The zero-order valence-corrected chi connectivity index (χ0v) is 18.5. The van der Waals surface area contributed by atoms with Gasteiger partial charge in [-0.25, -0.2) is 8.42 Å². The van der Waals surface area contributed by atoms with Gasteiger partial charge in [-0.05, 0) is 68.1 Å². The summed E-state index contributed by atoms with van der Waals surface area (Å²) in [5.74, 6) is 2.56. The summed E-state index contributed by atoms with van der Waals surface area (Å²) >= 11 is 0. The van der Waals surface area contributed by atoms with Crippen molar-refractivity contribution >= 4 is 21.6 Å². The van der Waals surface area contributed by atoms with Crippen LogP contribution in [0.2, 0.25) is 0 Å². The Kier molecular flexibility index (Phi) is 5.40. The van der Waals surface area contributed by atoms with Crippen LogP contribution in [0.3, 0.4) is 0 Å². The number of hydrogen-bond acceptors (Lipinski definition) is 3. The molecular weight excluding hydrogens is 398 g/mol. The molecule has 1 aliphatic heterocycles. The van der Waals surface area contributed by atoms with Gasteiger partial charge in [0.05, 0.1) is 10.4 Å². The zero-order chi connectivity index (χ0) is 20.8. The van der Waals surface area contributed by atoms with Gasteiger partial charge in [0.15, 0.2) is 6.54 Å². The topological polar surface area (TPSA) is 83.1 Å². The van der Waals surface area contributed by atoms with E-state index >= 15 is 0 Å². The largest absolute Gasteiger partial charge is 0.334 e. The molecule has 3 N–H and O–H groups in total. The fourth-order valence-corrected chi connectivity index (χ4v) is 8.50. The van der Waals surface area contributed by atoms with Crippen molar-refractivity contribution in [1.82, 2.24) is 4.31 Å². The fourth-order valence-electron chi connectivity index (χ4n) is 6.94. The van der Waals surface area contributed by atoms with Crippen molar-refractivity contribution in [3.63, 3.8) is 0 Å². The Bertz CT molecular complexity index is 873. The fraction of sp³-hybridized carbons (Fsp3) is 0.696. The zero-order valence-electron chi connectivity index (χ0n) is 17.7. The van der Waals surface area contributed by atoms with Crippen molar-refractivity contribution in [2.45, 2.75) is 68.2 Å². The lowest BCUT2D eigenvalue weighted by Gasteiger charge is -2.54. The number of sulfonamides is 1. The maximum atomic E-state index is 12.9. The highest BCUT2D eigenvalue weighted by atomic mass is 32.2. The molecule has 4 saturated carbocycles. The van der Waals surface area contributed by atoms with Gasteiger partial charge in [-0.15, -0.1) is 0 Å². The molecule has 4 bridgehead atoms. The predicted molar refractivity (Wildman–Crippen MR) is 115 cm³/mol. The molecule has 7 heteroatoms. The van der Waals surface area contributed by atoms with Crippen LogP contribution in [0.25, 0.3) is 0 Å². The van der Waals surface area contributed by atoms with Crippen molar-refractivity contribution in [3.05, 3.63) is 24.3 Å². The van der Waals surface area contributed by atoms with E-state index in [2.05, 4.69) is 10.6 Å². The molecule has 1 amide bonds. The second-order valence-electron chi connectivity index (χ2n) is 10.2. The van der Waals surface area contributed by atoms with Crippen LogP contribution in [-0.4, -0.2) is 43.8 Å². The van der Waals surface area contributed by atoms with Crippen LogP contribution in [0, 0.1) is 17.8 Å². The number of piperidine rings is 1. The van der Waals surface area contributed by atoms with Crippen molar-refractivity contribution in [2.24, 2.45) is 17.8 Å². The molecule has 0 unspecified atom stereocenters. The molecule has 0 radical (unpaired) electrons. The first kappa shape index (κ1) is 20.5. The maximum absolute atomic E-state index is 12.9. The van der Waals surface area contributed by atoms with E-state index in [9.17, 15) is 13.2 Å². The summed E-state index contributed by atoms with van der Waals surface area (Å²) in [5, 5.41) is 5.23. The highest BCUT2D eigenvalue weighted by Crippen LogP contribution is 2.54. The van der Waals surface area contributed by atoms with E-state index < -0.39 is 10.0 Å². The van der Waals surface area contributed by atoms with Crippen molar-refractivity contribution in [3.8, 4) is 0 Å². The summed E-state index contributed by atoms with van der Waals surface area (Å²) in [5.41, 5.74) is 0.836.